The fourth-order valence-electron chi connectivity index (χ4n) is 0.924. The van der Waals surface area contributed by atoms with E-state index in [0.717, 1.165) is 6.42 Å². The van der Waals surface area contributed by atoms with Crippen LogP contribution in [0.1, 0.15) is 32.6 Å². The molecule has 0 radical (unpaired) electrons. The summed E-state index contributed by atoms with van der Waals surface area (Å²) in [6.07, 6.45) is -3.96. The molecule has 0 aliphatic carbocycles. The first-order valence-corrected chi connectivity index (χ1v) is 4.94. The van der Waals surface area contributed by atoms with Crippen molar-refractivity contribution in [2.75, 3.05) is 7.05 Å². The standard InChI is InChI=1S/C9H15F3N2O2/c1-3-4-5-6-7(9(10,11)12)14-16-8(15)13-2/h3-6H2,1-2H3,(H,13,15)/b14-7+. The number of hydrogen-bond acceptors (Lipinski definition) is 3. The number of nitrogens with one attached hydrogen (secondary N) is 1. The molecular formula is C9H15F3N2O2. The third-order valence-electron chi connectivity index (χ3n) is 1.79. The molecule has 0 unspecified atom stereocenters. The minimum absolute atomic E-state index is 0.242. The third-order valence-corrected chi connectivity index (χ3v) is 1.79. The molecule has 0 aliphatic heterocycles. The van der Waals surface area contributed by atoms with Crippen LogP contribution in [-0.4, -0.2) is 25.0 Å². The molecule has 0 atom stereocenters. The number of oxime groups is 1. The molecule has 16 heavy (non-hydrogen) atoms. The number of hydrogen-bond donors (Lipinski definition) is 1. The van der Waals surface area contributed by atoms with Gasteiger partial charge in [0, 0.05) is 7.05 Å². The number of nitrogens with zero attached hydrogens (tertiary/aromatic N) is 1. The van der Waals surface area contributed by atoms with Gasteiger partial charge in [-0.3, -0.25) is 4.84 Å². The second-order valence-electron chi connectivity index (χ2n) is 3.12. The molecule has 0 fully saturated rings. The van der Waals surface area contributed by atoms with Crippen LogP contribution < -0.4 is 5.32 Å². The fourth-order valence-corrected chi connectivity index (χ4v) is 0.924. The number of rotatable bonds is 5. The van der Waals surface area contributed by atoms with Crippen molar-refractivity contribution in [3.63, 3.8) is 0 Å². The second kappa shape index (κ2) is 7.08. The molecule has 0 heterocycles. The highest BCUT2D eigenvalue weighted by Crippen LogP contribution is 2.21. The zero-order valence-corrected chi connectivity index (χ0v) is 9.23. The average molecular weight is 240 g/mol. The summed E-state index contributed by atoms with van der Waals surface area (Å²) >= 11 is 0. The van der Waals surface area contributed by atoms with Gasteiger partial charge in [0.25, 0.3) is 0 Å². The topological polar surface area (TPSA) is 50.7 Å². The molecule has 0 aromatic heterocycles. The van der Waals surface area contributed by atoms with Gasteiger partial charge in [0.15, 0.2) is 5.71 Å². The summed E-state index contributed by atoms with van der Waals surface area (Å²) in [5.74, 6) is 0. The van der Waals surface area contributed by atoms with E-state index in [1.54, 1.807) is 0 Å². The van der Waals surface area contributed by atoms with Crippen LogP contribution in [0.25, 0.3) is 0 Å². The lowest BCUT2D eigenvalue weighted by atomic mass is 10.1. The normalized spacial score (nSPS) is 12.4. The largest absolute Gasteiger partial charge is 0.433 e. The van der Waals surface area contributed by atoms with Crippen LogP contribution in [0.3, 0.4) is 0 Å². The minimum atomic E-state index is -4.55. The zero-order valence-electron chi connectivity index (χ0n) is 9.23. The van der Waals surface area contributed by atoms with E-state index in [2.05, 4.69) is 9.99 Å². The summed E-state index contributed by atoms with van der Waals surface area (Å²) in [7, 11) is 1.24. The van der Waals surface area contributed by atoms with Gasteiger partial charge in [-0.1, -0.05) is 24.9 Å². The van der Waals surface area contributed by atoms with E-state index >= 15 is 0 Å². The second-order valence-corrected chi connectivity index (χ2v) is 3.12. The molecule has 0 saturated carbocycles. The first kappa shape index (κ1) is 14.7. The Hall–Kier alpha value is -1.27. The molecular weight excluding hydrogens is 225 g/mol. The summed E-state index contributed by atoms with van der Waals surface area (Å²) in [5, 5.41) is 4.82. The minimum Gasteiger partial charge on any atom is -0.323 e. The van der Waals surface area contributed by atoms with E-state index < -0.39 is 18.0 Å². The van der Waals surface area contributed by atoms with Gasteiger partial charge in [-0.25, -0.2) is 4.79 Å². The van der Waals surface area contributed by atoms with Crippen molar-refractivity contribution >= 4 is 11.8 Å². The van der Waals surface area contributed by atoms with E-state index in [0.29, 0.717) is 12.8 Å². The predicted octanol–water partition coefficient (Wildman–Crippen LogP) is 2.84. The van der Waals surface area contributed by atoms with Gasteiger partial charge in [-0.2, -0.15) is 13.2 Å². The monoisotopic (exact) mass is 240 g/mol. The average Bonchev–Trinajstić information content (AvgIpc) is 2.20. The number of amides is 1. The van der Waals surface area contributed by atoms with Gasteiger partial charge in [0.1, 0.15) is 0 Å². The van der Waals surface area contributed by atoms with Crippen molar-refractivity contribution in [1.29, 1.82) is 0 Å². The van der Waals surface area contributed by atoms with E-state index in [1.165, 1.54) is 7.05 Å². The van der Waals surface area contributed by atoms with Crippen LogP contribution in [0.15, 0.2) is 5.16 Å². The van der Waals surface area contributed by atoms with Crippen molar-refractivity contribution in [3.8, 4) is 0 Å². The molecule has 7 heteroatoms. The lowest BCUT2D eigenvalue weighted by molar-refractivity contribution is -0.0629. The van der Waals surface area contributed by atoms with Crippen molar-refractivity contribution in [2.45, 2.75) is 38.8 Å². The van der Waals surface area contributed by atoms with E-state index in [4.69, 9.17) is 0 Å². The van der Waals surface area contributed by atoms with Gasteiger partial charge < -0.3 is 5.32 Å². The summed E-state index contributed by atoms with van der Waals surface area (Å²) in [6, 6.07) is 0. The van der Waals surface area contributed by atoms with Gasteiger partial charge in [-0.05, 0) is 12.8 Å². The molecule has 0 saturated heterocycles. The third kappa shape index (κ3) is 6.26. The zero-order chi connectivity index (χ0) is 12.6. The van der Waals surface area contributed by atoms with Gasteiger partial charge in [0.05, 0.1) is 0 Å². The molecule has 0 aliphatic rings. The molecule has 94 valence electrons. The van der Waals surface area contributed by atoms with Crippen molar-refractivity contribution in [2.24, 2.45) is 5.16 Å². The maximum Gasteiger partial charge on any atom is 0.433 e. The molecule has 4 nitrogen and oxygen atoms in total. The highest BCUT2D eigenvalue weighted by Gasteiger charge is 2.36. The molecule has 0 rings (SSSR count). The van der Waals surface area contributed by atoms with Crippen LogP contribution in [0.2, 0.25) is 0 Å². The molecule has 0 bridgehead atoms. The van der Waals surface area contributed by atoms with Gasteiger partial charge in [-0.15, -0.1) is 0 Å². The van der Waals surface area contributed by atoms with Gasteiger partial charge >= 0.3 is 12.3 Å². The summed E-state index contributed by atoms with van der Waals surface area (Å²) in [4.78, 5) is 14.6. The highest BCUT2D eigenvalue weighted by atomic mass is 19.4. The first-order valence-electron chi connectivity index (χ1n) is 4.94. The number of carbonyl (C=O) groups is 1. The Balaban J connectivity index is 4.37. The summed E-state index contributed by atoms with van der Waals surface area (Å²) < 4.78 is 37.1. The maximum atomic E-state index is 12.4. The van der Waals surface area contributed by atoms with Crippen molar-refractivity contribution < 1.29 is 22.8 Å². The Bertz CT molecular complexity index is 252. The first-order chi connectivity index (χ1) is 7.41. The molecule has 1 N–H and O–H groups in total. The fraction of sp³-hybridized carbons (Fsp3) is 0.778. The number of unbranched alkanes of at least 4 members (excludes halogenated alkanes) is 2. The predicted molar refractivity (Wildman–Crippen MR) is 53.2 cm³/mol. The maximum absolute atomic E-state index is 12.4. The smallest absolute Gasteiger partial charge is 0.323 e. The lowest BCUT2D eigenvalue weighted by Crippen LogP contribution is -2.25. The number of halogens is 3. The Kier molecular flexibility index (Phi) is 6.52. The van der Waals surface area contributed by atoms with E-state index in [-0.39, 0.29) is 6.42 Å². The van der Waals surface area contributed by atoms with Crippen LogP contribution >= 0.6 is 0 Å². The molecule has 1 amide bonds. The SMILES string of the molecule is CCCCC/C(=N\OC(=O)NC)C(F)(F)F. The lowest BCUT2D eigenvalue weighted by Gasteiger charge is -2.09. The number of alkyl halides is 3. The Morgan fingerprint density at radius 1 is 1.38 bits per heavy atom. The summed E-state index contributed by atoms with van der Waals surface area (Å²) in [6.45, 7) is 1.88. The van der Waals surface area contributed by atoms with Crippen molar-refractivity contribution in [3.05, 3.63) is 0 Å². The van der Waals surface area contributed by atoms with E-state index in [9.17, 15) is 18.0 Å². The molecule has 0 aromatic rings. The van der Waals surface area contributed by atoms with E-state index in [1.807, 2.05) is 12.2 Å². The Morgan fingerprint density at radius 2 is 2.00 bits per heavy atom. The van der Waals surface area contributed by atoms with Crippen molar-refractivity contribution in [1.82, 2.24) is 5.32 Å². The van der Waals surface area contributed by atoms with Crippen LogP contribution in [0, 0.1) is 0 Å². The van der Waals surface area contributed by atoms with Crippen LogP contribution in [0.5, 0.6) is 0 Å². The van der Waals surface area contributed by atoms with Crippen LogP contribution in [0.4, 0.5) is 18.0 Å². The Morgan fingerprint density at radius 3 is 2.44 bits per heavy atom. The summed E-state index contributed by atoms with van der Waals surface area (Å²) in [5.41, 5.74) is -1.07. The quantitative estimate of drug-likeness (QED) is 0.347. The highest BCUT2D eigenvalue weighted by molar-refractivity contribution is 5.89. The Labute approximate surface area is 91.8 Å². The molecule has 0 spiro atoms. The van der Waals surface area contributed by atoms with Gasteiger partial charge in [0.2, 0.25) is 0 Å². The number of carbonyl (C=O) groups excluding carboxylic acids is 1. The molecule has 0 aromatic carbocycles. The van der Waals surface area contributed by atoms with Crippen LogP contribution in [-0.2, 0) is 4.84 Å².